The number of carbonyl (C=O) groups is 1. The quantitative estimate of drug-likeness (QED) is 0.767. The van der Waals surface area contributed by atoms with Crippen LogP contribution in [0.2, 0.25) is 0 Å². The van der Waals surface area contributed by atoms with Crippen molar-refractivity contribution in [1.29, 1.82) is 0 Å². The van der Waals surface area contributed by atoms with E-state index in [0.717, 1.165) is 31.5 Å². The lowest BCUT2D eigenvalue weighted by Crippen LogP contribution is -2.45. The first-order chi connectivity index (χ1) is 12.8. The Hall–Kier alpha value is -2.16. The van der Waals surface area contributed by atoms with E-state index in [-0.39, 0.29) is 5.91 Å². The van der Waals surface area contributed by atoms with Crippen LogP contribution in [0.3, 0.4) is 0 Å². The molecule has 2 fully saturated rings. The third kappa shape index (κ3) is 3.98. The molecule has 26 heavy (non-hydrogen) atoms. The Kier molecular flexibility index (Phi) is 5.33. The second-order valence-corrected chi connectivity index (χ2v) is 7.94. The van der Waals surface area contributed by atoms with Crippen molar-refractivity contribution in [1.82, 2.24) is 14.8 Å². The molecule has 0 unspecified atom stereocenters. The lowest BCUT2D eigenvalue weighted by Gasteiger charge is -2.36. The van der Waals surface area contributed by atoms with Gasteiger partial charge in [0, 0.05) is 24.7 Å². The molecule has 2 aliphatic rings. The van der Waals surface area contributed by atoms with Crippen molar-refractivity contribution in [2.24, 2.45) is 0 Å². The SMILES string of the molecule is O=C(c1cnc(C#Cc2ccccc2)s1)N1CCC(N2CCCC2)CC1. The number of aromatic nitrogens is 1. The molecular weight excluding hydrogens is 342 g/mol. The number of rotatable bonds is 2. The highest BCUT2D eigenvalue weighted by atomic mass is 32.1. The third-order valence-electron chi connectivity index (χ3n) is 5.21. The van der Waals surface area contributed by atoms with E-state index in [9.17, 15) is 4.79 Å². The first kappa shape index (κ1) is 17.3. The van der Waals surface area contributed by atoms with Gasteiger partial charge in [-0.2, -0.15) is 0 Å². The Morgan fingerprint density at radius 2 is 1.77 bits per heavy atom. The zero-order valence-corrected chi connectivity index (χ0v) is 15.7. The summed E-state index contributed by atoms with van der Waals surface area (Å²) < 4.78 is 0. The van der Waals surface area contributed by atoms with Gasteiger partial charge in [-0.25, -0.2) is 4.98 Å². The van der Waals surface area contributed by atoms with Crippen molar-refractivity contribution in [3.63, 3.8) is 0 Å². The summed E-state index contributed by atoms with van der Waals surface area (Å²) in [6, 6.07) is 10.5. The Morgan fingerprint density at radius 3 is 2.50 bits per heavy atom. The number of thiazole rings is 1. The fraction of sp³-hybridized carbons (Fsp3) is 0.429. The van der Waals surface area contributed by atoms with E-state index in [1.807, 2.05) is 35.2 Å². The van der Waals surface area contributed by atoms with Crippen molar-refractivity contribution in [2.75, 3.05) is 26.2 Å². The van der Waals surface area contributed by atoms with Crippen LogP contribution in [0.1, 0.15) is 45.9 Å². The van der Waals surface area contributed by atoms with E-state index in [1.165, 1.54) is 37.3 Å². The van der Waals surface area contributed by atoms with Crippen LogP contribution in [-0.2, 0) is 0 Å². The van der Waals surface area contributed by atoms with Gasteiger partial charge in [0.25, 0.3) is 5.91 Å². The maximum absolute atomic E-state index is 12.7. The lowest BCUT2D eigenvalue weighted by molar-refractivity contribution is 0.0649. The maximum Gasteiger partial charge on any atom is 0.265 e. The number of amides is 1. The topological polar surface area (TPSA) is 36.4 Å². The third-order valence-corrected chi connectivity index (χ3v) is 6.11. The molecule has 4 nitrogen and oxygen atoms in total. The summed E-state index contributed by atoms with van der Waals surface area (Å²) >= 11 is 1.39. The van der Waals surface area contributed by atoms with Crippen molar-refractivity contribution < 1.29 is 4.79 Å². The normalized spacial score (nSPS) is 18.5. The Labute approximate surface area is 158 Å². The smallest absolute Gasteiger partial charge is 0.265 e. The summed E-state index contributed by atoms with van der Waals surface area (Å²) in [4.78, 5) is 22.3. The zero-order valence-electron chi connectivity index (χ0n) is 14.9. The summed E-state index contributed by atoms with van der Waals surface area (Å²) in [6.07, 6.45) is 6.50. The van der Waals surface area contributed by atoms with Crippen LogP contribution < -0.4 is 0 Å². The minimum atomic E-state index is 0.107. The summed E-state index contributed by atoms with van der Waals surface area (Å²) in [5.41, 5.74) is 0.958. The fourth-order valence-electron chi connectivity index (χ4n) is 3.77. The molecule has 2 aromatic rings. The largest absolute Gasteiger partial charge is 0.338 e. The second kappa shape index (κ2) is 8.03. The molecule has 3 heterocycles. The second-order valence-electron chi connectivity index (χ2n) is 6.91. The minimum absolute atomic E-state index is 0.107. The summed E-state index contributed by atoms with van der Waals surface area (Å²) in [5, 5.41) is 0.698. The van der Waals surface area contributed by atoms with Gasteiger partial charge in [0.15, 0.2) is 5.01 Å². The van der Waals surface area contributed by atoms with Crippen LogP contribution >= 0.6 is 11.3 Å². The first-order valence-electron chi connectivity index (χ1n) is 9.36. The van der Waals surface area contributed by atoms with E-state index in [0.29, 0.717) is 15.9 Å². The molecular formula is C21H23N3OS. The molecule has 0 aliphatic carbocycles. The van der Waals surface area contributed by atoms with Crippen LogP contribution in [-0.4, -0.2) is 52.9 Å². The maximum atomic E-state index is 12.7. The van der Waals surface area contributed by atoms with Gasteiger partial charge in [0.2, 0.25) is 0 Å². The highest BCUT2D eigenvalue weighted by Gasteiger charge is 2.29. The van der Waals surface area contributed by atoms with Gasteiger partial charge in [-0.05, 0) is 56.8 Å². The molecule has 0 spiro atoms. The number of carbonyl (C=O) groups excluding carboxylic acids is 1. The number of hydrogen-bond acceptors (Lipinski definition) is 4. The molecule has 2 saturated heterocycles. The van der Waals surface area contributed by atoms with Crippen molar-refractivity contribution in [3.8, 4) is 11.8 Å². The molecule has 0 bridgehead atoms. The van der Waals surface area contributed by atoms with Crippen LogP contribution in [0.4, 0.5) is 0 Å². The Balaban J connectivity index is 1.36. The fourth-order valence-corrected chi connectivity index (χ4v) is 4.51. The summed E-state index contributed by atoms with van der Waals surface area (Å²) in [5.74, 6) is 6.27. The predicted molar refractivity (Wildman–Crippen MR) is 104 cm³/mol. The molecule has 0 atom stereocenters. The number of hydrogen-bond donors (Lipinski definition) is 0. The van der Waals surface area contributed by atoms with Gasteiger partial charge in [0.05, 0.1) is 6.20 Å². The molecule has 0 N–H and O–H groups in total. The predicted octanol–water partition coefficient (Wildman–Crippen LogP) is 3.24. The molecule has 1 amide bonds. The highest BCUT2D eigenvalue weighted by Crippen LogP contribution is 2.23. The van der Waals surface area contributed by atoms with Crippen LogP contribution in [0.15, 0.2) is 36.5 Å². The number of piperidine rings is 1. The van der Waals surface area contributed by atoms with Gasteiger partial charge >= 0.3 is 0 Å². The number of benzene rings is 1. The van der Waals surface area contributed by atoms with Crippen LogP contribution in [0.25, 0.3) is 0 Å². The van der Waals surface area contributed by atoms with Gasteiger partial charge < -0.3 is 9.80 Å². The molecule has 134 valence electrons. The van der Waals surface area contributed by atoms with Gasteiger partial charge in [-0.15, -0.1) is 11.3 Å². The van der Waals surface area contributed by atoms with Crippen LogP contribution in [0.5, 0.6) is 0 Å². The molecule has 5 heteroatoms. The van der Waals surface area contributed by atoms with Gasteiger partial charge in [-0.1, -0.05) is 24.1 Å². The number of nitrogens with zero attached hydrogens (tertiary/aromatic N) is 3. The molecule has 1 aromatic carbocycles. The number of likely N-dealkylation sites (tertiary alicyclic amines) is 2. The van der Waals surface area contributed by atoms with Crippen molar-refractivity contribution >= 4 is 17.2 Å². The van der Waals surface area contributed by atoms with E-state index in [4.69, 9.17) is 0 Å². The highest BCUT2D eigenvalue weighted by molar-refractivity contribution is 7.14. The molecule has 4 rings (SSSR count). The zero-order chi connectivity index (χ0) is 17.8. The van der Waals surface area contributed by atoms with E-state index < -0.39 is 0 Å². The molecule has 1 aromatic heterocycles. The minimum Gasteiger partial charge on any atom is -0.338 e. The molecule has 0 radical (unpaired) electrons. The van der Waals surface area contributed by atoms with E-state index in [2.05, 4.69) is 21.7 Å². The van der Waals surface area contributed by atoms with Crippen molar-refractivity contribution in [3.05, 3.63) is 52.0 Å². The van der Waals surface area contributed by atoms with Crippen molar-refractivity contribution in [2.45, 2.75) is 31.7 Å². The van der Waals surface area contributed by atoms with Gasteiger partial charge in [-0.3, -0.25) is 4.79 Å². The Morgan fingerprint density at radius 1 is 1.04 bits per heavy atom. The average molecular weight is 366 g/mol. The van der Waals surface area contributed by atoms with E-state index >= 15 is 0 Å². The lowest BCUT2D eigenvalue weighted by atomic mass is 10.0. The molecule has 0 saturated carbocycles. The van der Waals surface area contributed by atoms with Gasteiger partial charge in [0.1, 0.15) is 4.88 Å². The standard InChI is InChI=1S/C21H23N3OS/c25-21(24-14-10-18(11-15-24)23-12-4-5-13-23)19-16-22-20(26-19)9-8-17-6-2-1-3-7-17/h1-3,6-7,16,18H,4-5,10-15H2. The average Bonchev–Trinajstić information content (AvgIpc) is 3.39. The first-order valence-corrected chi connectivity index (χ1v) is 10.2. The summed E-state index contributed by atoms with van der Waals surface area (Å²) in [7, 11) is 0. The summed E-state index contributed by atoms with van der Waals surface area (Å²) in [6.45, 7) is 4.17. The monoisotopic (exact) mass is 365 g/mol. The Bertz CT molecular complexity index is 807. The molecule has 2 aliphatic heterocycles. The van der Waals surface area contributed by atoms with E-state index in [1.54, 1.807) is 6.20 Å². The van der Waals surface area contributed by atoms with Crippen LogP contribution in [0, 0.1) is 11.8 Å².